The van der Waals surface area contributed by atoms with Crippen molar-refractivity contribution in [1.29, 1.82) is 0 Å². The molecule has 1 heterocycles. The molecule has 1 saturated heterocycles. The number of carbonyl (C=O) groups is 1. The number of para-hydroxylation sites is 1. The molecule has 0 atom stereocenters. The van der Waals surface area contributed by atoms with Gasteiger partial charge in [-0.25, -0.2) is 0 Å². The van der Waals surface area contributed by atoms with E-state index in [9.17, 15) is 4.79 Å². The van der Waals surface area contributed by atoms with E-state index >= 15 is 0 Å². The molecule has 1 aliphatic heterocycles. The lowest BCUT2D eigenvalue weighted by Gasteiger charge is -2.32. The minimum Gasteiger partial charge on any atom is -0.492 e. The molecular weight excluding hydrogens is 264 g/mol. The number of piperidine rings is 1. The third-order valence-corrected chi connectivity index (χ3v) is 4.48. The first-order chi connectivity index (χ1) is 10.3. The third-order valence-electron chi connectivity index (χ3n) is 4.48. The van der Waals surface area contributed by atoms with E-state index in [0.717, 1.165) is 38.3 Å². The molecule has 4 heteroatoms. The first kappa shape index (κ1) is 14.4. The Morgan fingerprint density at radius 3 is 2.62 bits per heavy atom. The van der Waals surface area contributed by atoms with Gasteiger partial charge in [-0.3, -0.25) is 4.79 Å². The summed E-state index contributed by atoms with van der Waals surface area (Å²) in [5, 5.41) is 3.29. The highest BCUT2D eigenvalue weighted by molar-refractivity contribution is 5.97. The molecule has 21 heavy (non-hydrogen) atoms. The van der Waals surface area contributed by atoms with Crippen LogP contribution in [0.5, 0.6) is 5.75 Å². The number of rotatable bonds is 5. The zero-order valence-corrected chi connectivity index (χ0v) is 12.7. The van der Waals surface area contributed by atoms with E-state index in [0.29, 0.717) is 17.5 Å². The molecule has 0 unspecified atom stereocenters. The summed E-state index contributed by atoms with van der Waals surface area (Å²) in [4.78, 5) is 14.7. The van der Waals surface area contributed by atoms with Crippen molar-refractivity contribution in [1.82, 2.24) is 10.2 Å². The van der Waals surface area contributed by atoms with Gasteiger partial charge in [-0.2, -0.15) is 0 Å². The normalized spacial score (nSPS) is 19.6. The number of hydrogen-bond acceptors (Lipinski definition) is 3. The van der Waals surface area contributed by atoms with E-state index in [-0.39, 0.29) is 5.91 Å². The maximum absolute atomic E-state index is 12.7. The van der Waals surface area contributed by atoms with Crippen molar-refractivity contribution in [2.24, 2.45) is 5.92 Å². The number of nitrogens with one attached hydrogen (secondary N) is 1. The summed E-state index contributed by atoms with van der Waals surface area (Å²) in [6, 6.07) is 8.18. The first-order valence-electron chi connectivity index (χ1n) is 7.96. The fourth-order valence-corrected chi connectivity index (χ4v) is 2.80. The quantitative estimate of drug-likeness (QED) is 0.904. The third kappa shape index (κ3) is 3.56. The molecular formula is C17H24N2O2. The smallest absolute Gasteiger partial charge is 0.257 e. The van der Waals surface area contributed by atoms with Crippen molar-refractivity contribution in [3.05, 3.63) is 29.8 Å². The second-order valence-electron chi connectivity index (χ2n) is 6.11. The van der Waals surface area contributed by atoms with Gasteiger partial charge in [0.2, 0.25) is 0 Å². The Morgan fingerprint density at radius 2 is 1.95 bits per heavy atom. The van der Waals surface area contributed by atoms with Gasteiger partial charge in [0, 0.05) is 19.1 Å². The number of amides is 1. The summed E-state index contributed by atoms with van der Waals surface area (Å²) in [6.07, 6.45) is 4.56. The van der Waals surface area contributed by atoms with Gasteiger partial charge in [0.15, 0.2) is 0 Å². The van der Waals surface area contributed by atoms with E-state index in [4.69, 9.17) is 4.74 Å². The number of hydrogen-bond donors (Lipinski definition) is 1. The van der Waals surface area contributed by atoms with Crippen LogP contribution in [-0.2, 0) is 0 Å². The zero-order valence-electron chi connectivity index (χ0n) is 12.7. The maximum atomic E-state index is 12.7. The Morgan fingerprint density at radius 1 is 1.24 bits per heavy atom. The largest absolute Gasteiger partial charge is 0.492 e. The van der Waals surface area contributed by atoms with Crippen LogP contribution in [0.25, 0.3) is 0 Å². The van der Waals surface area contributed by atoms with Crippen LogP contribution in [0.2, 0.25) is 0 Å². The lowest BCUT2D eigenvalue weighted by atomic mass is 10.0. The molecule has 1 aromatic carbocycles. The Kier molecular flexibility index (Phi) is 4.44. The molecule has 1 aliphatic carbocycles. The summed E-state index contributed by atoms with van der Waals surface area (Å²) in [5.74, 6) is 1.54. The van der Waals surface area contributed by atoms with Crippen LogP contribution >= 0.6 is 0 Å². The summed E-state index contributed by atoms with van der Waals surface area (Å²) in [5.41, 5.74) is 0.709. The molecule has 0 radical (unpaired) electrons. The van der Waals surface area contributed by atoms with Crippen LogP contribution in [0.3, 0.4) is 0 Å². The summed E-state index contributed by atoms with van der Waals surface area (Å²) >= 11 is 0. The molecule has 2 aliphatic rings. The average Bonchev–Trinajstić information content (AvgIpc) is 3.37. The molecule has 1 saturated carbocycles. The van der Waals surface area contributed by atoms with E-state index in [1.165, 1.54) is 12.8 Å². The van der Waals surface area contributed by atoms with Crippen LogP contribution < -0.4 is 10.1 Å². The standard InChI is InChI=1S/C17H24N2O2/c1-18-14-8-10-19(11-9-14)17(20)15-4-2-3-5-16(15)21-12-13-6-7-13/h2-5,13-14,18H,6-12H2,1H3. The molecule has 1 amide bonds. The molecule has 1 N–H and O–H groups in total. The summed E-state index contributed by atoms with van der Waals surface area (Å²) in [7, 11) is 1.99. The van der Waals surface area contributed by atoms with Crippen LogP contribution in [0.4, 0.5) is 0 Å². The highest BCUT2D eigenvalue weighted by atomic mass is 16.5. The second-order valence-corrected chi connectivity index (χ2v) is 6.11. The fraction of sp³-hybridized carbons (Fsp3) is 0.588. The van der Waals surface area contributed by atoms with Crippen molar-refractivity contribution in [2.75, 3.05) is 26.7 Å². The number of benzene rings is 1. The van der Waals surface area contributed by atoms with E-state index in [1.807, 2.05) is 36.2 Å². The molecule has 3 rings (SSSR count). The molecule has 4 nitrogen and oxygen atoms in total. The minimum atomic E-state index is 0.107. The van der Waals surface area contributed by atoms with Gasteiger partial charge >= 0.3 is 0 Å². The van der Waals surface area contributed by atoms with Crippen LogP contribution in [0, 0.1) is 5.92 Å². The Labute approximate surface area is 126 Å². The van der Waals surface area contributed by atoms with Crippen molar-refractivity contribution in [3.8, 4) is 5.75 Å². The van der Waals surface area contributed by atoms with E-state index < -0.39 is 0 Å². The van der Waals surface area contributed by atoms with Crippen molar-refractivity contribution < 1.29 is 9.53 Å². The summed E-state index contributed by atoms with van der Waals surface area (Å²) < 4.78 is 5.86. The first-order valence-corrected chi connectivity index (χ1v) is 7.96. The number of ether oxygens (including phenoxy) is 1. The molecule has 2 fully saturated rings. The van der Waals surface area contributed by atoms with Crippen LogP contribution in [0.1, 0.15) is 36.0 Å². The summed E-state index contributed by atoms with van der Waals surface area (Å²) in [6.45, 7) is 2.38. The predicted octanol–water partition coefficient (Wildman–Crippen LogP) is 2.30. The van der Waals surface area contributed by atoms with Crippen LogP contribution in [-0.4, -0.2) is 43.6 Å². The van der Waals surface area contributed by atoms with Gasteiger partial charge in [-0.15, -0.1) is 0 Å². The molecule has 0 spiro atoms. The highest BCUT2D eigenvalue weighted by Gasteiger charge is 2.26. The predicted molar refractivity (Wildman–Crippen MR) is 82.6 cm³/mol. The SMILES string of the molecule is CNC1CCN(C(=O)c2ccccc2OCC2CC2)CC1. The number of carbonyl (C=O) groups excluding carboxylic acids is 1. The van der Waals surface area contributed by atoms with E-state index in [2.05, 4.69) is 5.32 Å². The van der Waals surface area contributed by atoms with E-state index in [1.54, 1.807) is 0 Å². The number of nitrogens with zero attached hydrogens (tertiary/aromatic N) is 1. The van der Waals surface area contributed by atoms with Gasteiger partial charge in [0.05, 0.1) is 12.2 Å². The highest BCUT2D eigenvalue weighted by Crippen LogP contribution is 2.30. The van der Waals surface area contributed by atoms with Gasteiger partial charge in [0.25, 0.3) is 5.91 Å². The molecule has 114 valence electrons. The molecule has 0 bridgehead atoms. The zero-order chi connectivity index (χ0) is 14.7. The minimum absolute atomic E-state index is 0.107. The Balaban J connectivity index is 1.66. The van der Waals surface area contributed by atoms with Crippen molar-refractivity contribution in [3.63, 3.8) is 0 Å². The molecule has 1 aromatic rings. The lowest BCUT2D eigenvalue weighted by Crippen LogP contribution is -2.44. The Bertz CT molecular complexity index is 491. The van der Waals surface area contributed by atoms with Gasteiger partial charge in [-0.1, -0.05) is 12.1 Å². The van der Waals surface area contributed by atoms with Crippen molar-refractivity contribution >= 4 is 5.91 Å². The van der Waals surface area contributed by atoms with Gasteiger partial charge < -0.3 is 15.0 Å². The van der Waals surface area contributed by atoms with Gasteiger partial charge in [-0.05, 0) is 50.8 Å². The molecule has 0 aromatic heterocycles. The maximum Gasteiger partial charge on any atom is 0.257 e. The Hall–Kier alpha value is -1.55. The monoisotopic (exact) mass is 288 g/mol. The second kappa shape index (κ2) is 6.48. The number of likely N-dealkylation sites (tertiary alicyclic amines) is 1. The average molecular weight is 288 g/mol. The van der Waals surface area contributed by atoms with Gasteiger partial charge in [0.1, 0.15) is 5.75 Å². The van der Waals surface area contributed by atoms with Crippen molar-refractivity contribution in [2.45, 2.75) is 31.7 Å². The fourth-order valence-electron chi connectivity index (χ4n) is 2.80. The lowest BCUT2D eigenvalue weighted by molar-refractivity contribution is 0.0702. The topological polar surface area (TPSA) is 41.6 Å². The van der Waals surface area contributed by atoms with Crippen LogP contribution in [0.15, 0.2) is 24.3 Å².